The highest BCUT2D eigenvalue weighted by Gasteiger charge is 2.19. The van der Waals surface area contributed by atoms with Gasteiger partial charge in [-0.15, -0.1) is 0 Å². The van der Waals surface area contributed by atoms with E-state index >= 15 is 0 Å². The van der Waals surface area contributed by atoms with Gasteiger partial charge in [-0.1, -0.05) is 49.7 Å². The van der Waals surface area contributed by atoms with E-state index in [1.54, 1.807) is 31.2 Å². The van der Waals surface area contributed by atoms with Crippen LogP contribution in [0.1, 0.15) is 58.7 Å². The second kappa shape index (κ2) is 8.58. The van der Waals surface area contributed by atoms with Crippen molar-refractivity contribution < 1.29 is 14.3 Å². The Morgan fingerprint density at radius 1 is 1.00 bits per heavy atom. The predicted octanol–water partition coefficient (Wildman–Crippen LogP) is 4.99. The molecule has 0 saturated heterocycles. The van der Waals surface area contributed by atoms with Crippen LogP contribution in [-0.4, -0.2) is 23.3 Å². The molecule has 138 valence electrons. The molecule has 1 heterocycles. The first-order valence-electron chi connectivity index (χ1n) is 9.34. The Bertz CT molecular complexity index is 978. The molecular formula is C23H23NO3. The van der Waals surface area contributed by atoms with Gasteiger partial charge in [0.1, 0.15) is 0 Å². The van der Waals surface area contributed by atoms with Crippen molar-refractivity contribution in [3.05, 3.63) is 77.1 Å². The van der Waals surface area contributed by atoms with Gasteiger partial charge < -0.3 is 4.74 Å². The summed E-state index contributed by atoms with van der Waals surface area (Å²) in [6.45, 7) is 4.17. The number of hydrogen-bond donors (Lipinski definition) is 0. The normalized spacial score (nSPS) is 10.7. The molecule has 0 amide bonds. The summed E-state index contributed by atoms with van der Waals surface area (Å²) >= 11 is 0. The summed E-state index contributed by atoms with van der Waals surface area (Å²) < 4.78 is 5.05. The maximum Gasteiger partial charge on any atom is 0.338 e. The van der Waals surface area contributed by atoms with E-state index in [1.165, 1.54) is 0 Å². The molecular weight excluding hydrogens is 338 g/mol. The van der Waals surface area contributed by atoms with Crippen molar-refractivity contribution in [3.63, 3.8) is 0 Å². The number of ether oxygens (including phenoxy) is 1. The van der Waals surface area contributed by atoms with Gasteiger partial charge in [-0.05, 0) is 37.3 Å². The molecule has 27 heavy (non-hydrogen) atoms. The summed E-state index contributed by atoms with van der Waals surface area (Å²) in [5, 5.41) is 1.83. The number of benzene rings is 2. The molecule has 0 aliphatic carbocycles. The molecule has 0 radical (unpaired) electrons. The molecule has 0 fully saturated rings. The number of rotatable bonds is 7. The fourth-order valence-electron chi connectivity index (χ4n) is 3.14. The van der Waals surface area contributed by atoms with Gasteiger partial charge in [0, 0.05) is 17.1 Å². The van der Waals surface area contributed by atoms with Gasteiger partial charge in [0.15, 0.2) is 5.78 Å². The Labute approximate surface area is 159 Å². The van der Waals surface area contributed by atoms with E-state index in [0.717, 1.165) is 35.7 Å². The molecule has 2 aromatic carbocycles. The Morgan fingerprint density at radius 2 is 1.78 bits per heavy atom. The van der Waals surface area contributed by atoms with E-state index < -0.39 is 5.97 Å². The Balaban J connectivity index is 2.09. The van der Waals surface area contributed by atoms with E-state index in [-0.39, 0.29) is 5.78 Å². The summed E-state index contributed by atoms with van der Waals surface area (Å²) in [7, 11) is 0. The summed E-state index contributed by atoms with van der Waals surface area (Å²) in [6.07, 6.45) is 4.57. The average Bonchev–Trinajstić information content (AvgIpc) is 2.71. The third-order valence-corrected chi connectivity index (χ3v) is 4.51. The standard InChI is InChI=1S/C23H23NO3/c1-3-5-13-20-21(19-12-7-6-9-18(19)15-24-20)22(25)16-10-8-11-17(14-16)23(26)27-4-2/h6-12,14-15H,3-5,13H2,1-2H3. The zero-order valence-corrected chi connectivity index (χ0v) is 15.7. The molecule has 0 N–H and O–H groups in total. The molecule has 4 nitrogen and oxygen atoms in total. The van der Waals surface area contributed by atoms with E-state index in [0.29, 0.717) is 23.3 Å². The van der Waals surface area contributed by atoms with Crippen molar-refractivity contribution in [2.45, 2.75) is 33.1 Å². The number of aromatic nitrogens is 1. The first-order valence-corrected chi connectivity index (χ1v) is 9.34. The molecule has 0 saturated carbocycles. The summed E-state index contributed by atoms with van der Waals surface area (Å²) in [5.74, 6) is -0.536. The SMILES string of the molecule is CCCCc1ncc2ccccc2c1C(=O)c1cccc(C(=O)OCC)c1. The van der Waals surface area contributed by atoms with Crippen LogP contribution in [0, 0.1) is 0 Å². The summed E-state index contributed by atoms with van der Waals surface area (Å²) in [5.41, 5.74) is 2.28. The van der Waals surface area contributed by atoms with E-state index in [4.69, 9.17) is 4.74 Å². The van der Waals surface area contributed by atoms with Gasteiger partial charge in [0.25, 0.3) is 0 Å². The zero-order chi connectivity index (χ0) is 19.2. The lowest BCUT2D eigenvalue weighted by Crippen LogP contribution is -2.11. The number of nitrogens with zero attached hydrogens (tertiary/aromatic N) is 1. The van der Waals surface area contributed by atoms with Crippen LogP contribution in [0.4, 0.5) is 0 Å². The maximum atomic E-state index is 13.4. The van der Waals surface area contributed by atoms with Crippen LogP contribution in [0.15, 0.2) is 54.7 Å². The third-order valence-electron chi connectivity index (χ3n) is 4.51. The van der Waals surface area contributed by atoms with E-state index in [2.05, 4.69) is 11.9 Å². The van der Waals surface area contributed by atoms with E-state index in [9.17, 15) is 9.59 Å². The number of hydrogen-bond acceptors (Lipinski definition) is 4. The van der Waals surface area contributed by atoms with Crippen LogP contribution in [0.25, 0.3) is 10.8 Å². The smallest absolute Gasteiger partial charge is 0.338 e. The fraction of sp³-hybridized carbons (Fsp3) is 0.261. The summed E-state index contributed by atoms with van der Waals surface area (Å²) in [6, 6.07) is 14.5. The second-order valence-electron chi connectivity index (χ2n) is 6.40. The molecule has 0 atom stereocenters. The van der Waals surface area contributed by atoms with Gasteiger partial charge in [-0.3, -0.25) is 9.78 Å². The highest BCUT2D eigenvalue weighted by Crippen LogP contribution is 2.25. The predicted molar refractivity (Wildman–Crippen MR) is 106 cm³/mol. The molecule has 1 aromatic heterocycles. The molecule has 0 aliphatic heterocycles. The van der Waals surface area contributed by atoms with Crippen molar-refractivity contribution in [3.8, 4) is 0 Å². The molecule has 3 aromatic rings. The number of carbonyl (C=O) groups is 2. The highest BCUT2D eigenvalue weighted by atomic mass is 16.5. The van der Waals surface area contributed by atoms with Crippen LogP contribution in [0.2, 0.25) is 0 Å². The first kappa shape index (κ1) is 18.8. The maximum absolute atomic E-state index is 13.4. The number of fused-ring (bicyclic) bond motifs is 1. The lowest BCUT2D eigenvalue weighted by atomic mass is 9.94. The van der Waals surface area contributed by atoms with Crippen LogP contribution in [0.5, 0.6) is 0 Å². The average molecular weight is 361 g/mol. The monoisotopic (exact) mass is 361 g/mol. The lowest BCUT2D eigenvalue weighted by molar-refractivity contribution is 0.0526. The molecule has 0 unspecified atom stereocenters. The quantitative estimate of drug-likeness (QED) is 0.440. The van der Waals surface area contributed by atoms with Crippen molar-refractivity contribution in [1.29, 1.82) is 0 Å². The second-order valence-corrected chi connectivity index (χ2v) is 6.40. The van der Waals surface area contributed by atoms with E-state index in [1.807, 2.05) is 30.5 Å². The van der Waals surface area contributed by atoms with Crippen LogP contribution < -0.4 is 0 Å². The highest BCUT2D eigenvalue weighted by molar-refractivity contribution is 6.17. The van der Waals surface area contributed by atoms with Gasteiger partial charge in [-0.2, -0.15) is 0 Å². The topological polar surface area (TPSA) is 56.3 Å². The number of esters is 1. The van der Waals surface area contributed by atoms with Crippen molar-refractivity contribution in [2.24, 2.45) is 0 Å². The van der Waals surface area contributed by atoms with Crippen molar-refractivity contribution in [1.82, 2.24) is 4.98 Å². The molecule has 0 spiro atoms. The van der Waals surface area contributed by atoms with Crippen molar-refractivity contribution in [2.75, 3.05) is 6.61 Å². The Morgan fingerprint density at radius 3 is 2.56 bits per heavy atom. The minimum Gasteiger partial charge on any atom is -0.462 e. The summed E-state index contributed by atoms with van der Waals surface area (Å²) in [4.78, 5) is 30.0. The Kier molecular flexibility index (Phi) is 5.97. The Hall–Kier alpha value is -3.01. The zero-order valence-electron chi connectivity index (χ0n) is 15.7. The number of ketones is 1. The van der Waals surface area contributed by atoms with Crippen molar-refractivity contribution >= 4 is 22.5 Å². The van der Waals surface area contributed by atoms with Gasteiger partial charge in [-0.25, -0.2) is 4.79 Å². The molecule has 0 aliphatic rings. The number of carbonyl (C=O) groups excluding carboxylic acids is 2. The third kappa shape index (κ3) is 4.05. The number of unbranched alkanes of at least 4 members (excludes halogenated alkanes) is 1. The van der Waals surface area contributed by atoms with Gasteiger partial charge in [0.05, 0.1) is 23.4 Å². The number of aryl methyl sites for hydroxylation is 1. The van der Waals surface area contributed by atoms with Gasteiger partial charge in [0.2, 0.25) is 0 Å². The number of pyridine rings is 1. The minimum atomic E-state index is -0.422. The molecule has 3 rings (SSSR count). The molecule has 0 bridgehead atoms. The fourth-order valence-corrected chi connectivity index (χ4v) is 3.14. The van der Waals surface area contributed by atoms with Gasteiger partial charge >= 0.3 is 5.97 Å². The van der Waals surface area contributed by atoms with Crippen LogP contribution in [-0.2, 0) is 11.2 Å². The first-order chi connectivity index (χ1) is 13.2. The van der Waals surface area contributed by atoms with Crippen LogP contribution >= 0.6 is 0 Å². The molecule has 4 heteroatoms. The minimum absolute atomic E-state index is 0.114. The largest absolute Gasteiger partial charge is 0.462 e. The van der Waals surface area contributed by atoms with Crippen LogP contribution in [0.3, 0.4) is 0 Å². The lowest BCUT2D eigenvalue weighted by Gasteiger charge is -2.12.